The second-order valence-electron chi connectivity index (χ2n) is 3.42. The van der Waals surface area contributed by atoms with Gasteiger partial charge in [0.25, 0.3) is 0 Å². The number of para-hydroxylation sites is 1. The summed E-state index contributed by atoms with van der Waals surface area (Å²) in [6, 6.07) is 10.1. The first-order valence-electron chi connectivity index (χ1n) is 4.89. The van der Waals surface area contributed by atoms with Gasteiger partial charge in [-0.2, -0.15) is 0 Å². The SMILES string of the molecule is CN(c1ccccc1F)c1cccnc1N. The molecule has 2 aromatic rings. The normalized spacial score (nSPS) is 10.1. The van der Waals surface area contributed by atoms with Crippen LogP contribution in [-0.4, -0.2) is 12.0 Å². The monoisotopic (exact) mass is 217 g/mol. The van der Waals surface area contributed by atoms with Gasteiger partial charge in [-0.15, -0.1) is 0 Å². The van der Waals surface area contributed by atoms with Crippen LogP contribution in [0.5, 0.6) is 0 Å². The molecule has 0 atom stereocenters. The third-order valence-corrected chi connectivity index (χ3v) is 2.39. The standard InChI is InChI=1S/C12H12FN3/c1-16(10-6-3-2-5-9(10)13)11-7-4-8-15-12(11)14/h2-8H,1H3,(H2,14,15). The second-order valence-corrected chi connectivity index (χ2v) is 3.42. The van der Waals surface area contributed by atoms with Gasteiger partial charge in [-0.05, 0) is 24.3 Å². The Morgan fingerprint density at radius 3 is 2.50 bits per heavy atom. The van der Waals surface area contributed by atoms with E-state index in [2.05, 4.69) is 4.98 Å². The molecule has 2 rings (SSSR count). The first-order chi connectivity index (χ1) is 7.70. The average molecular weight is 217 g/mol. The molecule has 0 radical (unpaired) electrons. The summed E-state index contributed by atoms with van der Waals surface area (Å²) in [5.41, 5.74) is 6.90. The van der Waals surface area contributed by atoms with Gasteiger partial charge in [0.05, 0.1) is 11.4 Å². The van der Waals surface area contributed by atoms with E-state index in [1.165, 1.54) is 6.07 Å². The van der Waals surface area contributed by atoms with Gasteiger partial charge in [-0.1, -0.05) is 12.1 Å². The quantitative estimate of drug-likeness (QED) is 0.840. The molecule has 4 heteroatoms. The van der Waals surface area contributed by atoms with Crippen LogP contribution in [0.4, 0.5) is 21.6 Å². The van der Waals surface area contributed by atoms with Crippen LogP contribution >= 0.6 is 0 Å². The molecule has 82 valence electrons. The average Bonchev–Trinajstić information content (AvgIpc) is 2.29. The van der Waals surface area contributed by atoms with Crippen molar-refractivity contribution in [1.82, 2.24) is 4.98 Å². The van der Waals surface area contributed by atoms with Crippen molar-refractivity contribution in [2.45, 2.75) is 0 Å². The Labute approximate surface area is 93.3 Å². The van der Waals surface area contributed by atoms with Gasteiger partial charge in [-0.25, -0.2) is 9.37 Å². The molecule has 0 saturated heterocycles. The van der Waals surface area contributed by atoms with E-state index >= 15 is 0 Å². The highest BCUT2D eigenvalue weighted by atomic mass is 19.1. The molecule has 0 aliphatic rings. The zero-order valence-corrected chi connectivity index (χ0v) is 8.89. The molecule has 16 heavy (non-hydrogen) atoms. The topological polar surface area (TPSA) is 42.2 Å². The molecule has 2 N–H and O–H groups in total. The second kappa shape index (κ2) is 4.18. The van der Waals surface area contributed by atoms with E-state index in [-0.39, 0.29) is 5.82 Å². The highest BCUT2D eigenvalue weighted by molar-refractivity contribution is 5.71. The molecule has 0 aliphatic carbocycles. The molecule has 1 heterocycles. The minimum atomic E-state index is -0.284. The largest absolute Gasteiger partial charge is 0.382 e. The maximum atomic E-state index is 13.6. The number of aromatic nitrogens is 1. The zero-order chi connectivity index (χ0) is 11.5. The van der Waals surface area contributed by atoms with Crippen LogP contribution in [0, 0.1) is 5.82 Å². The Morgan fingerprint density at radius 1 is 1.12 bits per heavy atom. The van der Waals surface area contributed by atoms with Crippen LogP contribution in [0.1, 0.15) is 0 Å². The summed E-state index contributed by atoms with van der Waals surface area (Å²) in [7, 11) is 1.76. The van der Waals surface area contributed by atoms with Gasteiger partial charge >= 0.3 is 0 Å². The molecule has 3 nitrogen and oxygen atoms in total. The van der Waals surface area contributed by atoms with Crippen LogP contribution in [-0.2, 0) is 0 Å². The smallest absolute Gasteiger partial charge is 0.147 e. The fourth-order valence-corrected chi connectivity index (χ4v) is 1.55. The number of rotatable bonds is 2. The van der Waals surface area contributed by atoms with Gasteiger partial charge < -0.3 is 10.6 Å². The number of pyridine rings is 1. The molecule has 0 amide bonds. The fourth-order valence-electron chi connectivity index (χ4n) is 1.55. The van der Waals surface area contributed by atoms with Gasteiger partial charge in [-0.3, -0.25) is 0 Å². The Balaban J connectivity index is 2.44. The number of benzene rings is 1. The summed E-state index contributed by atoms with van der Waals surface area (Å²) in [6.45, 7) is 0. The van der Waals surface area contributed by atoms with Gasteiger partial charge in [0, 0.05) is 13.2 Å². The molecule has 0 bridgehead atoms. The van der Waals surface area contributed by atoms with E-state index in [9.17, 15) is 4.39 Å². The highest BCUT2D eigenvalue weighted by Crippen LogP contribution is 2.28. The Bertz CT molecular complexity index is 454. The predicted octanol–water partition coefficient (Wildman–Crippen LogP) is 2.57. The lowest BCUT2D eigenvalue weighted by Gasteiger charge is -2.20. The number of hydrogen-bond acceptors (Lipinski definition) is 3. The third-order valence-electron chi connectivity index (χ3n) is 2.39. The molecule has 0 saturated carbocycles. The number of nitrogens with zero attached hydrogens (tertiary/aromatic N) is 2. The molecule has 0 aliphatic heterocycles. The van der Waals surface area contributed by atoms with Gasteiger partial charge in [0.2, 0.25) is 0 Å². The predicted molar refractivity (Wildman–Crippen MR) is 63.1 cm³/mol. The lowest BCUT2D eigenvalue weighted by atomic mass is 10.2. The van der Waals surface area contributed by atoms with Crippen molar-refractivity contribution in [3.05, 3.63) is 48.4 Å². The lowest BCUT2D eigenvalue weighted by Crippen LogP contribution is -2.13. The number of nitrogen functional groups attached to an aromatic ring is 1. The van der Waals surface area contributed by atoms with Crippen LogP contribution < -0.4 is 10.6 Å². The molecule has 1 aromatic carbocycles. The number of hydrogen-bond donors (Lipinski definition) is 1. The maximum absolute atomic E-state index is 13.6. The Morgan fingerprint density at radius 2 is 1.81 bits per heavy atom. The molecular formula is C12H12FN3. The first-order valence-corrected chi connectivity index (χ1v) is 4.89. The highest BCUT2D eigenvalue weighted by Gasteiger charge is 2.11. The molecule has 0 spiro atoms. The Hall–Kier alpha value is -2.10. The van der Waals surface area contributed by atoms with Crippen LogP contribution in [0.15, 0.2) is 42.6 Å². The van der Waals surface area contributed by atoms with Gasteiger partial charge in [0.1, 0.15) is 11.6 Å². The summed E-state index contributed by atoms with van der Waals surface area (Å²) in [5, 5.41) is 0. The van der Waals surface area contributed by atoms with Gasteiger partial charge in [0.15, 0.2) is 0 Å². The van der Waals surface area contributed by atoms with Crippen molar-refractivity contribution in [2.24, 2.45) is 0 Å². The Kier molecular flexibility index (Phi) is 2.72. The maximum Gasteiger partial charge on any atom is 0.147 e. The number of nitrogens with two attached hydrogens (primary N) is 1. The number of halogens is 1. The van der Waals surface area contributed by atoms with E-state index < -0.39 is 0 Å². The summed E-state index contributed by atoms with van der Waals surface area (Å²) in [5.74, 6) is 0.0986. The molecule has 0 fully saturated rings. The van der Waals surface area contributed by atoms with Crippen LogP contribution in [0.25, 0.3) is 0 Å². The van der Waals surface area contributed by atoms with E-state index in [0.29, 0.717) is 17.2 Å². The van der Waals surface area contributed by atoms with Crippen LogP contribution in [0.3, 0.4) is 0 Å². The van der Waals surface area contributed by atoms with Crippen molar-refractivity contribution in [2.75, 3.05) is 17.7 Å². The van der Waals surface area contributed by atoms with Crippen molar-refractivity contribution in [3.8, 4) is 0 Å². The van der Waals surface area contributed by atoms with E-state index in [0.717, 1.165) is 0 Å². The summed E-state index contributed by atoms with van der Waals surface area (Å²) in [4.78, 5) is 5.65. The number of anilines is 3. The van der Waals surface area contributed by atoms with E-state index in [1.807, 2.05) is 0 Å². The molecular weight excluding hydrogens is 205 g/mol. The first kappa shape index (κ1) is 10.4. The fraction of sp³-hybridized carbons (Fsp3) is 0.0833. The summed E-state index contributed by atoms with van der Waals surface area (Å²) < 4.78 is 13.6. The minimum Gasteiger partial charge on any atom is -0.382 e. The van der Waals surface area contributed by atoms with Crippen molar-refractivity contribution in [1.29, 1.82) is 0 Å². The van der Waals surface area contributed by atoms with Crippen molar-refractivity contribution in [3.63, 3.8) is 0 Å². The van der Waals surface area contributed by atoms with E-state index in [4.69, 9.17) is 5.73 Å². The third kappa shape index (κ3) is 1.82. The van der Waals surface area contributed by atoms with E-state index in [1.54, 1.807) is 48.5 Å². The lowest BCUT2D eigenvalue weighted by molar-refractivity contribution is 0.627. The summed E-state index contributed by atoms with van der Waals surface area (Å²) >= 11 is 0. The van der Waals surface area contributed by atoms with Crippen molar-refractivity contribution >= 4 is 17.2 Å². The zero-order valence-electron chi connectivity index (χ0n) is 8.89. The molecule has 1 aromatic heterocycles. The molecule has 0 unspecified atom stereocenters. The summed E-state index contributed by atoms with van der Waals surface area (Å²) in [6.07, 6.45) is 1.61. The van der Waals surface area contributed by atoms with Crippen LogP contribution in [0.2, 0.25) is 0 Å². The van der Waals surface area contributed by atoms with Crippen molar-refractivity contribution < 1.29 is 4.39 Å². The minimum absolute atomic E-state index is 0.284.